The van der Waals surface area contributed by atoms with Gasteiger partial charge < -0.3 is 19.5 Å². The van der Waals surface area contributed by atoms with Gasteiger partial charge in [0.25, 0.3) is 5.56 Å². The van der Waals surface area contributed by atoms with Crippen molar-refractivity contribution in [2.24, 2.45) is 7.05 Å². The molecule has 0 aliphatic carbocycles. The fraction of sp³-hybridized carbons (Fsp3) is 0.417. The molecule has 186 valence electrons. The van der Waals surface area contributed by atoms with E-state index in [1.807, 2.05) is 6.20 Å². The lowest BCUT2D eigenvalue weighted by Gasteiger charge is -2.32. The van der Waals surface area contributed by atoms with Crippen LogP contribution in [0.4, 0.5) is 0 Å². The van der Waals surface area contributed by atoms with E-state index >= 15 is 0 Å². The van der Waals surface area contributed by atoms with Crippen molar-refractivity contribution in [2.75, 3.05) is 25.6 Å². The minimum Gasteiger partial charge on any atom is -0.480 e. The molecule has 0 bridgehead atoms. The Morgan fingerprint density at radius 3 is 2.80 bits per heavy atom. The second-order valence-electron chi connectivity index (χ2n) is 8.50. The van der Waals surface area contributed by atoms with Crippen LogP contribution in [0.1, 0.15) is 29.7 Å². The highest BCUT2D eigenvalue weighted by Gasteiger charge is 2.21. The van der Waals surface area contributed by atoms with Crippen LogP contribution in [0.25, 0.3) is 11.0 Å². The summed E-state index contributed by atoms with van der Waals surface area (Å²) >= 11 is 1.71. The van der Waals surface area contributed by atoms with Gasteiger partial charge in [0.15, 0.2) is 5.75 Å². The standard InChI is InChI=1S/C24H26N6O2S.2ClH/c1-29-23(31)3-2-20-24(29)19(16(11-25)12-28-20)6-9-30-7-4-17(5-8-30)26-13-18-10-22-21(14-27-18)32-15-33-22;;/h2-3,10,12,14,17,26H,4-9,13,15H2,1H3;2*1H. The molecule has 11 heteroatoms. The van der Waals surface area contributed by atoms with Crippen LogP contribution in [0.2, 0.25) is 0 Å². The predicted molar refractivity (Wildman–Crippen MR) is 142 cm³/mol. The van der Waals surface area contributed by atoms with Crippen molar-refractivity contribution >= 4 is 47.6 Å². The molecule has 5 rings (SSSR count). The number of thioether (sulfide) groups is 1. The number of halogens is 2. The average molecular weight is 536 g/mol. The first-order chi connectivity index (χ1) is 16.1. The zero-order valence-corrected chi connectivity index (χ0v) is 21.8. The third kappa shape index (κ3) is 5.90. The van der Waals surface area contributed by atoms with Crippen LogP contribution in [0.5, 0.6) is 5.75 Å². The minimum absolute atomic E-state index is 0. The molecular formula is C24H28Cl2N6O2S. The fourth-order valence-electron chi connectivity index (χ4n) is 4.59. The lowest BCUT2D eigenvalue weighted by molar-refractivity contribution is 0.199. The van der Waals surface area contributed by atoms with Gasteiger partial charge in [-0.05, 0) is 50.0 Å². The van der Waals surface area contributed by atoms with Crippen molar-refractivity contribution in [3.63, 3.8) is 0 Å². The van der Waals surface area contributed by atoms with Crippen molar-refractivity contribution in [3.8, 4) is 11.8 Å². The molecule has 0 spiro atoms. The van der Waals surface area contributed by atoms with Gasteiger partial charge in [0.1, 0.15) is 12.0 Å². The molecule has 0 radical (unpaired) electrons. The molecule has 0 unspecified atom stereocenters. The summed E-state index contributed by atoms with van der Waals surface area (Å²) in [7, 11) is 1.75. The predicted octanol–water partition coefficient (Wildman–Crippen LogP) is 3.28. The van der Waals surface area contributed by atoms with Crippen LogP contribution in [0.3, 0.4) is 0 Å². The van der Waals surface area contributed by atoms with Crippen LogP contribution < -0.4 is 15.6 Å². The Hall–Kier alpha value is -2.35. The molecular weight excluding hydrogens is 507 g/mol. The Kier molecular flexibility index (Phi) is 9.39. The Bertz CT molecular complexity index is 1290. The number of piperidine rings is 1. The number of nitriles is 1. The molecule has 0 amide bonds. The van der Waals surface area contributed by atoms with Crippen LogP contribution in [-0.4, -0.2) is 51.0 Å². The third-order valence-corrected chi connectivity index (χ3v) is 7.38. The van der Waals surface area contributed by atoms with Gasteiger partial charge in [-0.1, -0.05) is 11.8 Å². The molecule has 1 N–H and O–H groups in total. The van der Waals surface area contributed by atoms with Gasteiger partial charge in [0, 0.05) is 38.4 Å². The number of nitrogens with one attached hydrogen (secondary N) is 1. The number of ether oxygens (including phenoxy) is 1. The third-order valence-electron chi connectivity index (χ3n) is 6.51. The maximum Gasteiger partial charge on any atom is 0.250 e. The Balaban J connectivity index is 0.00000171. The Morgan fingerprint density at radius 2 is 2.03 bits per heavy atom. The number of rotatable bonds is 6. The highest BCUT2D eigenvalue weighted by Crippen LogP contribution is 2.35. The number of pyridine rings is 3. The molecule has 0 saturated carbocycles. The number of likely N-dealkylation sites (tertiary alicyclic amines) is 1. The van der Waals surface area contributed by atoms with Crippen LogP contribution in [0, 0.1) is 11.3 Å². The molecule has 5 heterocycles. The van der Waals surface area contributed by atoms with E-state index in [9.17, 15) is 10.1 Å². The molecule has 1 fully saturated rings. The van der Waals surface area contributed by atoms with E-state index in [0.717, 1.165) is 73.5 Å². The number of hydrogen-bond donors (Lipinski definition) is 1. The van der Waals surface area contributed by atoms with Gasteiger partial charge in [-0.3, -0.25) is 14.8 Å². The summed E-state index contributed by atoms with van der Waals surface area (Å²) in [6.45, 7) is 3.62. The van der Waals surface area contributed by atoms with Crippen LogP contribution in [0.15, 0.2) is 40.3 Å². The summed E-state index contributed by atoms with van der Waals surface area (Å²) in [6, 6.07) is 8.10. The highest BCUT2D eigenvalue weighted by atomic mass is 35.5. The zero-order valence-electron chi connectivity index (χ0n) is 19.4. The topological polar surface area (TPSA) is 96.1 Å². The normalized spacial score (nSPS) is 15.5. The molecule has 0 aromatic carbocycles. The van der Waals surface area contributed by atoms with Crippen molar-refractivity contribution in [3.05, 3.63) is 57.8 Å². The first kappa shape index (κ1) is 27.2. The molecule has 8 nitrogen and oxygen atoms in total. The monoisotopic (exact) mass is 534 g/mol. The van der Waals surface area contributed by atoms with E-state index in [4.69, 9.17) is 4.74 Å². The lowest BCUT2D eigenvalue weighted by Crippen LogP contribution is -2.43. The van der Waals surface area contributed by atoms with E-state index in [-0.39, 0.29) is 30.4 Å². The number of nitrogens with zero attached hydrogens (tertiary/aromatic N) is 5. The van der Waals surface area contributed by atoms with Gasteiger partial charge in [-0.15, -0.1) is 24.8 Å². The summed E-state index contributed by atoms with van der Waals surface area (Å²) in [5, 5.41) is 13.3. The van der Waals surface area contributed by atoms with E-state index in [1.54, 1.807) is 35.6 Å². The van der Waals surface area contributed by atoms with Crippen LogP contribution >= 0.6 is 36.6 Å². The molecule has 1 saturated heterocycles. The SMILES string of the molecule is Cl.Cl.Cn1c(=O)ccc2ncc(C#N)c(CCN3CCC(NCc4cc5c(cn4)OCS5)CC3)c21. The van der Waals surface area contributed by atoms with Gasteiger partial charge in [-0.2, -0.15) is 5.26 Å². The van der Waals surface area contributed by atoms with E-state index < -0.39 is 0 Å². The summed E-state index contributed by atoms with van der Waals surface area (Å²) < 4.78 is 7.11. The van der Waals surface area contributed by atoms with Crippen LogP contribution in [-0.2, 0) is 20.0 Å². The number of fused-ring (bicyclic) bond motifs is 2. The lowest BCUT2D eigenvalue weighted by atomic mass is 10.0. The van der Waals surface area contributed by atoms with Crippen molar-refractivity contribution in [2.45, 2.75) is 36.7 Å². The maximum absolute atomic E-state index is 12.2. The second-order valence-corrected chi connectivity index (χ2v) is 9.47. The van der Waals surface area contributed by atoms with E-state index in [1.165, 1.54) is 11.0 Å². The summed E-state index contributed by atoms with van der Waals surface area (Å²) in [4.78, 5) is 24.7. The van der Waals surface area contributed by atoms with Crippen molar-refractivity contribution in [1.29, 1.82) is 5.26 Å². The maximum atomic E-state index is 12.2. The molecule has 2 aliphatic rings. The van der Waals surface area contributed by atoms with Gasteiger partial charge in [0.05, 0.1) is 33.4 Å². The number of aromatic nitrogens is 3. The molecule has 3 aromatic heterocycles. The van der Waals surface area contributed by atoms with Gasteiger partial charge in [-0.25, -0.2) is 0 Å². The quantitative estimate of drug-likeness (QED) is 0.514. The van der Waals surface area contributed by atoms with Gasteiger partial charge >= 0.3 is 0 Å². The molecule has 0 atom stereocenters. The van der Waals surface area contributed by atoms with E-state index in [2.05, 4.69) is 32.3 Å². The Morgan fingerprint density at radius 1 is 1.23 bits per heavy atom. The largest absolute Gasteiger partial charge is 0.480 e. The smallest absolute Gasteiger partial charge is 0.250 e. The molecule has 35 heavy (non-hydrogen) atoms. The second kappa shape index (κ2) is 12.1. The zero-order chi connectivity index (χ0) is 22.8. The number of aryl methyl sites for hydroxylation is 1. The van der Waals surface area contributed by atoms with E-state index in [0.29, 0.717) is 17.5 Å². The molecule has 3 aromatic rings. The first-order valence-corrected chi connectivity index (χ1v) is 12.2. The first-order valence-electron chi connectivity index (χ1n) is 11.2. The van der Waals surface area contributed by atoms with Crippen molar-refractivity contribution in [1.82, 2.24) is 24.8 Å². The van der Waals surface area contributed by atoms with Crippen molar-refractivity contribution < 1.29 is 4.74 Å². The number of hydrogen-bond acceptors (Lipinski definition) is 8. The summed E-state index contributed by atoms with van der Waals surface area (Å²) in [6.07, 6.45) is 6.31. The van der Waals surface area contributed by atoms with Gasteiger partial charge in [0.2, 0.25) is 0 Å². The highest BCUT2D eigenvalue weighted by molar-refractivity contribution is 7.99. The summed E-state index contributed by atoms with van der Waals surface area (Å²) in [5.74, 6) is 1.56. The average Bonchev–Trinajstić information content (AvgIpc) is 3.32. The minimum atomic E-state index is -0.0866. The summed E-state index contributed by atoms with van der Waals surface area (Å²) in [5.41, 5.74) is 3.94. The fourth-order valence-corrected chi connectivity index (χ4v) is 5.38. The molecule has 2 aliphatic heterocycles. The Labute approximate surface area is 220 Å².